The van der Waals surface area contributed by atoms with Crippen LogP contribution in [-0.4, -0.2) is 49.1 Å². The Balaban J connectivity index is 3.31. The molecule has 0 fully saturated rings. The molecule has 0 unspecified atom stereocenters. The second-order valence-electron chi connectivity index (χ2n) is 4.34. The summed E-state index contributed by atoms with van der Waals surface area (Å²) in [6.07, 6.45) is 0. The third-order valence-corrected chi connectivity index (χ3v) is 3.37. The van der Waals surface area contributed by atoms with Gasteiger partial charge in [-0.1, -0.05) is 0 Å². The van der Waals surface area contributed by atoms with E-state index in [0.29, 0.717) is 0 Å². The molecule has 0 aromatic carbocycles. The van der Waals surface area contributed by atoms with Crippen LogP contribution in [0.25, 0.3) is 0 Å². The van der Waals surface area contributed by atoms with Gasteiger partial charge in [0.1, 0.15) is 0 Å². The van der Waals surface area contributed by atoms with E-state index in [1.165, 1.54) is 18.7 Å². The highest BCUT2D eigenvalue weighted by Crippen LogP contribution is 2.10. The van der Waals surface area contributed by atoms with Crippen LogP contribution in [0.3, 0.4) is 0 Å². The van der Waals surface area contributed by atoms with Gasteiger partial charge in [0.05, 0.1) is 14.2 Å². The molecule has 1 aromatic heterocycles. The smallest absolute Gasteiger partial charge is 0.361 e. The molecule has 8 heteroatoms. The van der Waals surface area contributed by atoms with Gasteiger partial charge < -0.3 is 9.47 Å². The number of methoxy groups -OCH3 is 2. The lowest BCUT2D eigenvalue weighted by molar-refractivity contribution is 0.0548. The molecule has 0 bridgehead atoms. The number of ether oxygens (including phenoxy) is 2. The number of esters is 2. The third kappa shape index (κ3) is 2.70. The predicted octanol–water partition coefficient (Wildman–Crippen LogP) is 0.534. The first-order chi connectivity index (χ1) is 7.81. The quantitative estimate of drug-likeness (QED) is 0.580. The largest absolute Gasteiger partial charge is 0.464 e. The lowest BCUT2D eigenvalue weighted by atomic mass is 10.3. The van der Waals surface area contributed by atoms with Gasteiger partial charge in [0.2, 0.25) is 19.6 Å². The highest BCUT2D eigenvalue weighted by Gasteiger charge is 2.29. The van der Waals surface area contributed by atoms with Gasteiger partial charge in [-0.15, -0.1) is 0 Å². The SMILES string of the molecule is COC(=O)c1nn([Si](C)(C)C)nc1C(=O)OC. The van der Waals surface area contributed by atoms with Crippen LogP contribution in [0, 0.1) is 0 Å². The number of nitrogens with zero attached hydrogens (tertiary/aromatic N) is 3. The summed E-state index contributed by atoms with van der Waals surface area (Å²) in [6, 6.07) is 0. The molecule has 0 spiro atoms. The van der Waals surface area contributed by atoms with Gasteiger partial charge in [-0.05, 0) is 19.6 Å². The first kappa shape index (κ1) is 13.4. The molecular weight excluding hydrogens is 242 g/mol. The van der Waals surface area contributed by atoms with Crippen molar-refractivity contribution in [2.75, 3.05) is 14.2 Å². The van der Waals surface area contributed by atoms with Gasteiger partial charge in [0.25, 0.3) is 0 Å². The Kier molecular flexibility index (Phi) is 3.66. The van der Waals surface area contributed by atoms with Crippen LogP contribution in [0.1, 0.15) is 21.0 Å². The fourth-order valence-corrected chi connectivity index (χ4v) is 1.87. The van der Waals surface area contributed by atoms with Gasteiger partial charge in [0, 0.05) is 0 Å². The summed E-state index contributed by atoms with van der Waals surface area (Å²) in [5, 5.41) is 8.03. The van der Waals surface area contributed by atoms with Crippen LogP contribution >= 0.6 is 0 Å². The van der Waals surface area contributed by atoms with Crippen molar-refractivity contribution in [1.82, 2.24) is 14.7 Å². The topological polar surface area (TPSA) is 83.3 Å². The van der Waals surface area contributed by atoms with Crippen LogP contribution in [0.4, 0.5) is 0 Å². The van der Waals surface area contributed by atoms with E-state index in [1.54, 1.807) is 0 Å². The summed E-state index contributed by atoms with van der Waals surface area (Å²) in [7, 11) is 0.556. The molecule has 0 amide bonds. The van der Waals surface area contributed by atoms with E-state index < -0.39 is 20.2 Å². The summed E-state index contributed by atoms with van der Waals surface area (Å²) in [4.78, 5) is 22.9. The van der Waals surface area contributed by atoms with E-state index in [1.807, 2.05) is 19.6 Å². The van der Waals surface area contributed by atoms with E-state index in [0.717, 1.165) is 0 Å². The van der Waals surface area contributed by atoms with Crippen LogP contribution in [0.15, 0.2) is 0 Å². The fourth-order valence-electron chi connectivity index (χ4n) is 1.07. The number of carbonyl (C=O) groups is 2. The van der Waals surface area contributed by atoms with Crippen molar-refractivity contribution in [2.24, 2.45) is 0 Å². The van der Waals surface area contributed by atoms with Crippen LogP contribution in [-0.2, 0) is 9.47 Å². The zero-order valence-electron chi connectivity index (χ0n) is 10.5. The maximum atomic E-state index is 11.5. The maximum absolute atomic E-state index is 11.5. The van der Waals surface area contributed by atoms with Gasteiger partial charge in [-0.25, -0.2) is 14.1 Å². The Morgan fingerprint density at radius 1 is 1.00 bits per heavy atom. The van der Waals surface area contributed by atoms with Crippen molar-refractivity contribution in [2.45, 2.75) is 19.6 Å². The van der Waals surface area contributed by atoms with Crippen molar-refractivity contribution in [3.63, 3.8) is 0 Å². The summed E-state index contributed by atoms with van der Waals surface area (Å²) in [5.41, 5.74) is -0.219. The van der Waals surface area contributed by atoms with E-state index in [-0.39, 0.29) is 11.4 Å². The van der Waals surface area contributed by atoms with E-state index in [2.05, 4.69) is 19.7 Å². The van der Waals surface area contributed by atoms with E-state index in [4.69, 9.17) is 0 Å². The van der Waals surface area contributed by atoms with Crippen molar-refractivity contribution in [3.05, 3.63) is 11.4 Å². The molecule has 0 N–H and O–H groups in total. The van der Waals surface area contributed by atoms with Crippen LogP contribution < -0.4 is 0 Å². The molecule has 0 saturated heterocycles. The first-order valence-electron chi connectivity index (χ1n) is 4.95. The summed E-state index contributed by atoms with van der Waals surface area (Å²) in [6.45, 7) is 5.94. The summed E-state index contributed by atoms with van der Waals surface area (Å²) >= 11 is 0. The van der Waals surface area contributed by atoms with Gasteiger partial charge in [-0.2, -0.15) is 10.2 Å². The Labute approximate surface area is 99.8 Å². The maximum Gasteiger partial charge on any atom is 0.361 e. The third-order valence-electron chi connectivity index (χ3n) is 1.97. The molecule has 1 rings (SSSR count). The molecule has 0 aliphatic heterocycles. The number of rotatable bonds is 3. The van der Waals surface area contributed by atoms with Gasteiger partial charge >= 0.3 is 11.9 Å². The Hall–Kier alpha value is -1.70. The van der Waals surface area contributed by atoms with Crippen molar-refractivity contribution < 1.29 is 19.1 Å². The lowest BCUT2D eigenvalue weighted by Gasteiger charge is -2.13. The molecule has 0 aliphatic rings. The van der Waals surface area contributed by atoms with E-state index >= 15 is 0 Å². The van der Waals surface area contributed by atoms with Crippen molar-refractivity contribution in [3.8, 4) is 0 Å². The zero-order chi connectivity index (χ0) is 13.2. The van der Waals surface area contributed by atoms with Crippen LogP contribution in [0.2, 0.25) is 19.6 Å². The Bertz CT molecular complexity index is 416. The second kappa shape index (κ2) is 4.66. The zero-order valence-corrected chi connectivity index (χ0v) is 11.5. The molecule has 94 valence electrons. The minimum Gasteiger partial charge on any atom is -0.464 e. The molecule has 0 atom stereocenters. The summed E-state index contributed by atoms with van der Waals surface area (Å²) in [5.74, 6) is -1.40. The minimum absolute atomic E-state index is 0.109. The first-order valence-corrected chi connectivity index (χ1v) is 8.40. The number of hydrogen-bond acceptors (Lipinski definition) is 6. The molecule has 0 radical (unpaired) electrons. The number of aromatic nitrogens is 3. The molecule has 17 heavy (non-hydrogen) atoms. The average Bonchev–Trinajstić information content (AvgIpc) is 2.71. The van der Waals surface area contributed by atoms with Crippen molar-refractivity contribution >= 4 is 20.2 Å². The molecule has 0 aliphatic carbocycles. The molecular formula is C9H15N3O4Si. The standard InChI is InChI=1S/C9H15N3O4Si/c1-15-8(13)6-7(9(14)16-2)11-12(10-6)17(3,4)5/h1-5H3. The van der Waals surface area contributed by atoms with Gasteiger partial charge in [0.15, 0.2) is 0 Å². The normalized spacial score (nSPS) is 11.1. The Morgan fingerprint density at radius 3 is 1.59 bits per heavy atom. The molecule has 0 saturated carbocycles. The highest BCUT2D eigenvalue weighted by atomic mass is 28.3. The van der Waals surface area contributed by atoms with E-state index in [9.17, 15) is 9.59 Å². The molecule has 1 heterocycles. The number of hydrogen-bond donors (Lipinski definition) is 0. The number of carbonyl (C=O) groups excluding carboxylic acids is 2. The molecule has 1 aromatic rings. The lowest BCUT2D eigenvalue weighted by Crippen LogP contribution is -2.34. The summed E-state index contributed by atoms with van der Waals surface area (Å²) < 4.78 is 10.5. The molecule has 7 nitrogen and oxygen atoms in total. The minimum atomic E-state index is -1.88. The predicted molar refractivity (Wildman–Crippen MR) is 61.4 cm³/mol. The van der Waals surface area contributed by atoms with Crippen LogP contribution in [0.5, 0.6) is 0 Å². The monoisotopic (exact) mass is 257 g/mol. The van der Waals surface area contributed by atoms with Crippen molar-refractivity contribution in [1.29, 1.82) is 0 Å². The highest BCUT2D eigenvalue weighted by molar-refractivity contribution is 6.74. The fraction of sp³-hybridized carbons (Fsp3) is 0.556. The van der Waals surface area contributed by atoms with Gasteiger partial charge in [-0.3, -0.25) is 0 Å². The Morgan fingerprint density at radius 2 is 1.35 bits per heavy atom. The average molecular weight is 257 g/mol. The second-order valence-corrected chi connectivity index (χ2v) is 9.08.